The second kappa shape index (κ2) is 27.6. The molecule has 16 nitrogen and oxygen atoms in total. The van der Waals surface area contributed by atoms with Crippen LogP contribution in [-0.4, -0.2) is 95.6 Å². The third kappa shape index (κ3) is 16.3. The standard InChI is InChI=1S/C29H34ClN3O4S2.C27H33ClN4O5S3/c30-22-8-6-21(7-9-22)29(35)31-19-25-11-13-28(38-25)39(36,37)33-16-14-23(15-17-33)32-24-10-12-27(34)26(18-24)20-4-2-1-3-5-20;1-2-3-15-30-39(34,35)25-6-4-5-23(18-25)31-22-13-16-32(17-14-22)40(36,37)26-12-11-24(38-26)19-29-27(33)20-7-9-21(28)10-8-20/h6-13,18,20,23,32,34H,1-5,14-17,19H2,(H,31,35);4-12,18,22,30-31H,2-3,13-17,19H2,1H3,(H,29,33). The summed E-state index contributed by atoms with van der Waals surface area (Å²) in [6.45, 7) is 4.43. The summed E-state index contributed by atoms with van der Waals surface area (Å²) in [5, 5.41) is 24.1. The number of carbonyl (C=O) groups is 2. The van der Waals surface area contributed by atoms with Gasteiger partial charge < -0.3 is 26.4 Å². The molecule has 2 saturated heterocycles. The van der Waals surface area contributed by atoms with Crippen molar-refractivity contribution in [3.8, 4) is 5.75 Å². The van der Waals surface area contributed by atoms with Crippen molar-refractivity contribution in [3.05, 3.63) is 152 Å². The Hall–Kier alpha value is -5.07. The molecule has 3 aliphatic rings. The molecule has 79 heavy (non-hydrogen) atoms. The Morgan fingerprint density at radius 2 is 1.08 bits per heavy atom. The van der Waals surface area contributed by atoms with Crippen molar-refractivity contribution >= 4 is 99.1 Å². The number of benzene rings is 4. The van der Waals surface area contributed by atoms with Gasteiger partial charge in [0, 0.05) is 87.1 Å². The Balaban J connectivity index is 0.000000208. The van der Waals surface area contributed by atoms with E-state index in [2.05, 4.69) is 32.1 Å². The summed E-state index contributed by atoms with van der Waals surface area (Å²) in [6.07, 6.45) is 10.2. The molecule has 0 spiro atoms. The van der Waals surface area contributed by atoms with Gasteiger partial charge in [-0.3, -0.25) is 9.59 Å². The number of sulfonamides is 3. The normalized spacial score (nSPS) is 16.4. The van der Waals surface area contributed by atoms with Crippen molar-refractivity contribution in [1.29, 1.82) is 0 Å². The topological polar surface area (TPSA) is 223 Å². The Labute approximate surface area is 482 Å². The van der Waals surface area contributed by atoms with Crippen LogP contribution in [0, 0.1) is 0 Å². The fraction of sp³-hybridized carbons (Fsp3) is 0.393. The van der Waals surface area contributed by atoms with Crippen molar-refractivity contribution < 1.29 is 39.9 Å². The highest BCUT2D eigenvalue weighted by Crippen LogP contribution is 2.39. The number of unbranched alkanes of at least 4 members (excludes halogenated alkanes) is 1. The molecule has 4 aromatic carbocycles. The molecule has 1 aliphatic carbocycles. The number of anilines is 2. The fourth-order valence-corrected chi connectivity index (χ4v) is 16.9. The fourth-order valence-electron chi connectivity index (χ4n) is 9.74. The van der Waals surface area contributed by atoms with Gasteiger partial charge >= 0.3 is 0 Å². The van der Waals surface area contributed by atoms with Gasteiger partial charge in [0.15, 0.2) is 0 Å². The number of aromatic hydroxyl groups is 1. The van der Waals surface area contributed by atoms with Gasteiger partial charge in [-0.05, 0) is 166 Å². The average molecular weight is 1210 g/mol. The van der Waals surface area contributed by atoms with E-state index in [1.54, 1.807) is 101 Å². The second-order valence-corrected chi connectivity index (χ2v) is 29.2. The molecule has 0 atom stereocenters. The quantitative estimate of drug-likeness (QED) is 0.0312. The molecule has 3 fully saturated rings. The summed E-state index contributed by atoms with van der Waals surface area (Å²) < 4.78 is 84.4. The summed E-state index contributed by atoms with van der Waals surface area (Å²) in [7, 11) is -10.8. The molecule has 9 rings (SSSR count). The number of piperidine rings is 2. The molecular formula is C56H67Cl2N7O9S5. The summed E-state index contributed by atoms with van der Waals surface area (Å²) in [4.78, 5) is 26.4. The molecule has 0 unspecified atom stereocenters. The van der Waals surface area contributed by atoms with Crippen LogP contribution in [0.5, 0.6) is 5.75 Å². The second-order valence-electron chi connectivity index (χ2n) is 19.9. The Morgan fingerprint density at radius 1 is 0.595 bits per heavy atom. The molecule has 2 aliphatic heterocycles. The van der Waals surface area contributed by atoms with E-state index in [-0.39, 0.29) is 46.1 Å². The SMILES string of the molecule is CCCCNS(=O)(=O)c1cccc(NC2CCN(S(=O)(=O)c3ccc(CNC(=O)c4ccc(Cl)cc4)s3)CC2)c1.O=C(NCc1ccc(S(=O)(=O)N2CCC(Nc3ccc(O)c(C4CCCCC4)c3)CC2)s1)c1ccc(Cl)cc1. The molecule has 1 saturated carbocycles. The molecule has 6 aromatic rings. The third-order valence-electron chi connectivity index (χ3n) is 14.2. The van der Waals surface area contributed by atoms with Gasteiger partial charge in [-0.25, -0.2) is 30.0 Å². The largest absolute Gasteiger partial charge is 0.508 e. The van der Waals surface area contributed by atoms with Crippen LogP contribution < -0.4 is 26.0 Å². The summed E-state index contributed by atoms with van der Waals surface area (Å²) in [6, 6.07) is 32.4. The number of hydrogen-bond acceptors (Lipinski definition) is 13. The number of carbonyl (C=O) groups excluding carboxylic acids is 2. The molecule has 2 amide bonds. The molecule has 23 heteroatoms. The third-order valence-corrected chi connectivity index (χ3v) is 23.1. The highest BCUT2D eigenvalue weighted by atomic mass is 35.5. The van der Waals surface area contributed by atoms with Crippen molar-refractivity contribution in [2.75, 3.05) is 43.4 Å². The predicted octanol–water partition coefficient (Wildman–Crippen LogP) is 11.0. The van der Waals surface area contributed by atoms with Crippen LogP contribution in [0.25, 0.3) is 0 Å². The van der Waals surface area contributed by atoms with E-state index in [0.29, 0.717) is 101 Å². The van der Waals surface area contributed by atoms with Crippen molar-refractivity contribution in [2.45, 2.75) is 122 Å². The number of halogens is 2. The summed E-state index contributed by atoms with van der Waals surface area (Å²) in [5.41, 5.74) is 3.67. The lowest BCUT2D eigenvalue weighted by Gasteiger charge is -2.32. The van der Waals surface area contributed by atoms with E-state index in [9.17, 15) is 39.9 Å². The van der Waals surface area contributed by atoms with Crippen LogP contribution in [0.15, 0.2) is 129 Å². The first-order chi connectivity index (χ1) is 37.9. The smallest absolute Gasteiger partial charge is 0.252 e. The Kier molecular flexibility index (Phi) is 21.0. The zero-order valence-corrected chi connectivity index (χ0v) is 49.4. The van der Waals surface area contributed by atoms with Crippen LogP contribution in [0.4, 0.5) is 11.4 Å². The van der Waals surface area contributed by atoms with E-state index < -0.39 is 30.1 Å². The number of phenols is 1. The number of amides is 2. The van der Waals surface area contributed by atoms with E-state index >= 15 is 0 Å². The number of hydrogen-bond donors (Lipinski definition) is 6. The number of rotatable bonds is 20. The summed E-state index contributed by atoms with van der Waals surface area (Å²) >= 11 is 14.1. The number of phenolic OH excluding ortho intramolecular Hbond substituents is 1. The molecule has 6 N–H and O–H groups in total. The maximum Gasteiger partial charge on any atom is 0.252 e. The van der Waals surface area contributed by atoms with Gasteiger partial charge in [-0.2, -0.15) is 8.61 Å². The maximum atomic E-state index is 13.3. The minimum atomic E-state index is -3.66. The van der Waals surface area contributed by atoms with Gasteiger partial charge in [-0.15, -0.1) is 22.7 Å². The van der Waals surface area contributed by atoms with Gasteiger partial charge in [0.05, 0.1) is 18.0 Å². The first-order valence-corrected chi connectivity index (χ1v) is 33.3. The monoisotopic (exact) mass is 1210 g/mol. The van der Waals surface area contributed by atoms with Gasteiger partial charge in [0.2, 0.25) is 10.0 Å². The minimum absolute atomic E-state index is 0.0134. The van der Waals surface area contributed by atoms with Gasteiger partial charge in [0.25, 0.3) is 31.9 Å². The maximum absolute atomic E-state index is 13.3. The first kappa shape index (κ1) is 60.0. The number of nitrogens with zero attached hydrogens (tertiary/aromatic N) is 2. The zero-order valence-electron chi connectivity index (χ0n) is 43.8. The lowest BCUT2D eigenvalue weighted by Crippen LogP contribution is -2.42. The molecular weight excluding hydrogens is 1150 g/mol. The zero-order chi connectivity index (χ0) is 56.2. The van der Waals surface area contributed by atoms with Crippen LogP contribution in [-0.2, 0) is 43.2 Å². The van der Waals surface area contributed by atoms with Gasteiger partial charge in [-0.1, -0.05) is 61.9 Å². The van der Waals surface area contributed by atoms with Crippen molar-refractivity contribution in [3.63, 3.8) is 0 Å². The van der Waals surface area contributed by atoms with E-state index in [0.717, 1.165) is 58.0 Å². The highest BCUT2D eigenvalue weighted by molar-refractivity contribution is 7.91. The van der Waals surface area contributed by atoms with Crippen LogP contribution in [0.3, 0.4) is 0 Å². The molecule has 0 bridgehead atoms. The van der Waals surface area contributed by atoms with Crippen molar-refractivity contribution in [2.24, 2.45) is 0 Å². The minimum Gasteiger partial charge on any atom is -0.508 e. The average Bonchev–Trinajstić information content (AvgIpc) is 4.16. The van der Waals surface area contributed by atoms with E-state index in [4.69, 9.17) is 23.2 Å². The highest BCUT2D eigenvalue weighted by Gasteiger charge is 2.33. The number of thiophene rings is 2. The van der Waals surface area contributed by atoms with Crippen LogP contribution in [0.1, 0.15) is 120 Å². The first-order valence-electron chi connectivity index (χ1n) is 26.6. The molecule has 0 radical (unpaired) electrons. The van der Waals surface area contributed by atoms with E-state index in [1.165, 1.54) is 34.9 Å². The Bertz CT molecular complexity index is 3360. The molecule has 4 heterocycles. The lowest BCUT2D eigenvalue weighted by molar-refractivity contribution is 0.0943. The van der Waals surface area contributed by atoms with Crippen molar-refractivity contribution in [1.82, 2.24) is 24.0 Å². The van der Waals surface area contributed by atoms with E-state index in [1.807, 2.05) is 19.1 Å². The predicted molar refractivity (Wildman–Crippen MR) is 315 cm³/mol. The van der Waals surface area contributed by atoms with Crippen LogP contribution >= 0.6 is 45.9 Å². The van der Waals surface area contributed by atoms with Crippen LogP contribution in [0.2, 0.25) is 10.0 Å². The molecule has 424 valence electrons. The van der Waals surface area contributed by atoms with Gasteiger partial charge in [0.1, 0.15) is 14.2 Å². The Morgan fingerprint density at radius 3 is 1.56 bits per heavy atom. The number of nitrogens with one attached hydrogen (secondary N) is 5. The lowest BCUT2D eigenvalue weighted by atomic mass is 9.83. The molecule has 2 aromatic heterocycles. The summed E-state index contributed by atoms with van der Waals surface area (Å²) in [5.74, 6) is 0.278.